The molecule has 17 heavy (non-hydrogen) atoms. The van der Waals surface area contributed by atoms with Gasteiger partial charge in [-0.3, -0.25) is 9.59 Å². The number of hydrogen-bond acceptors (Lipinski definition) is 3. The first kappa shape index (κ1) is 11.9. The third-order valence-corrected chi connectivity index (χ3v) is 3.68. The standard InChI is InChI=1S/C11H10FNO3S/c12-8-4-2-1-3-7(8)11-13(5-10(15)16)9(14)6-17-11/h1-4,11H,5-6H2,(H,15,16)/t11-/m1/s1. The summed E-state index contributed by atoms with van der Waals surface area (Å²) in [5, 5.41) is 8.19. The molecule has 1 aromatic carbocycles. The van der Waals surface area contributed by atoms with Crippen molar-refractivity contribution in [3.63, 3.8) is 0 Å². The summed E-state index contributed by atoms with van der Waals surface area (Å²) in [5.74, 6) is -1.60. The second-order valence-corrected chi connectivity index (χ2v) is 4.67. The molecule has 90 valence electrons. The minimum atomic E-state index is -1.10. The van der Waals surface area contributed by atoms with E-state index in [0.29, 0.717) is 5.56 Å². The fourth-order valence-electron chi connectivity index (χ4n) is 1.70. The lowest BCUT2D eigenvalue weighted by molar-refractivity contribution is -0.143. The van der Waals surface area contributed by atoms with Crippen LogP contribution in [0.5, 0.6) is 0 Å². The zero-order valence-corrected chi connectivity index (χ0v) is 9.61. The Kier molecular flexibility index (Phi) is 3.33. The van der Waals surface area contributed by atoms with Gasteiger partial charge >= 0.3 is 5.97 Å². The largest absolute Gasteiger partial charge is 0.480 e. The molecule has 1 aliphatic rings. The van der Waals surface area contributed by atoms with E-state index in [1.165, 1.54) is 22.7 Å². The SMILES string of the molecule is O=C(O)CN1C(=O)CS[C@@H]1c1ccccc1F. The van der Waals surface area contributed by atoms with Crippen molar-refractivity contribution in [2.24, 2.45) is 0 Å². The average molecular weight is 255 g/mol. The van der Waals surface area contributed by atoms with E-state index in [9.17, 15) is 14.0 Å². The van der Waals surface area contributed by atoms with Crippen molar-refractivity contribution in [2.75, 3.05) is 12.3 Å². The molecule has 0 saturated carbocycles. The van der Waals surface area contributed by atoms with E-state index >= 15 is 0 Å². The molecule has 1 fully saturated rings. The van der Waals surface area contributed by atoms with Crippen LogP contribution in [0.2, 0.25) is 0 Å². The van der Waals surface area contributed by atoms with Gasteiger partial charge in [-0.2, -0.15) is 0 Å². The predicted octanol–water partition coefficient (Wildman–Crippen LogP) is 1.48. The number of rotatable bonds is 3. The van der Waals surface area contributed by atoms with Gasteiger partial charge in [0.2, 0.25) is 5.91 Å². The van der Waals surface area contributed by atoms with Gasteiger partial charge in [-0.1, -0.05) is 18.2 Å². The molecule has 2 rings (SSSR count). The third-order valence-electron chi connectivity index (χ3n) is 2.44. The Balaban J connectivity index is 2.28. The van der Waals surface area contributed by atoms with Gasteiger partial charge in [-0.05, 0) is 6.07 Å². The quantitative estimate of drug-likeness (QED) is 0.889. The first-order valence-electron chi connectivity index (χ1n) is 4.97. The zero-order valence-electron chi connectivity index (χ0n) is 8.80. The molecular weight excluding hydrogens is 245 g/mol. The van der Waals surface area contributed by atoms with Crippen molar-refractivity contribution >= 4 is 23.6 Å². The Morgan fingerprint density at radius 1 is 1.53 bits per heavy atom. The Hall–Kier alpha value is -1.56. The van der Waals surface area contributed by atoms with Gasteiger partial charge in [0.25, 0.3) is 0 Å². The highest BCUT2D eigenvalue weighted by atomic mass is 32.2. The van der Waals surface area contributed by atoms with E-state index in [1.54, 1.807) is 18.2 Å². The molecule has 1 aliphatic heterocycles. The van der Waals surface area contributed by atoms with Gasteiger partial charge in [-0.25, -0.2) is 4.39 Å². The van der Waals surface area contributed by atoms with E-state index in [4.69, 9.17) is 5.11 Å². The van der Waals surface area contributed by atoms with Gasteiger partial charge < -0.3 is 10.0 Å². The maximum absolute atomic E-state index is 13.6. The predicted molar refractivity (Wildman–Crippen MR) is 60.9 cm³/mol. The monoisotopic (exact) mass is 255 g/mol. The van der Waals surface area contributed by atoms with Crippen LogP contribution in [0.3, 0.4) is 0 Å². The summed E-state index contributed by atoms with van der Waals surface area (Å²) in [5.41, 5.74) is 0.351. The van der Waals surface area contributed by atoms with Crippen molar-refractivity contribution in [3.05, 3.63) is 35.6 Å². The summed E-state index contributed by atoms with van der Waals surface area (Å²) in [7, 11) is 0. The summed E-state index contributed by atoms with van der Waals surface area (Å²) < 4.78 is 13.6. The zero-order chi connectivity index (χ0) is 12.4. The lowest BCUT2D eigenvalue weighted by Gasteiger charge is -2.22. The third kappa shape index (κ3) is 2.41. The highest BCUT2D eigenvalue weighted by Gasteiger charge is 2.35. The molecule has 6 heteroatoms. The fourth-order valence-corrected chi connectivity index (χ4v) is 2.91. The maximum atomic E-state index is 13.6. The van der Waals surface area contributed by atoms with Crippen LogP contribution < -0.4 is 0 Å². The molecule has 4 nitrogen and oxygen atoms in total. The molecular formula is C11H10FNO3S. The number of thioether (sulfide) groups is 1. The molecule has 1 N–H and O–H groups in total. The smallest absolute Gasteiger partial charge is 0.323 e. The van der Waals surface area contributed by atoms with Crippen LogP contribution in [0.15, 0.2) is 24.3 Å². The molecule has 1 aromatic rings. The van der Waals surface area contributed by atoms with E-state index in [1.807, 2.05) is 0 Å². The number of aliphatic carboxylic acids is 1. The molecule has 1 heterocycles. The van der Waals surface area contributed by atoms with Crippen molar-refractivity contribution < 1.29 is 19.1 Å². The number of carboxylic acids is 1. The topological polar surface area (TPSA) is 57.6 Å². The number of amides is 1. The van der Waals surface area contributed by atoms with E-state index < -0.39 is 23.7 Å². The minimum Gasteiger partial charge on any atom is -0.480 e. The summed E-state index contributed by atoms with van der Waals surface area (Å²) in [4.78, 5) is 23.4. The molecule has 0 aliphatic carbocycles. The van der Waals surface area contributed by atoms with Gasteiger partial charge in [0, 0.05) is 5.56 Å². The fraction of sp³-hybridized carbons (Fsp3) is 0.273. The van der Waals surface area contributed by atoms with E-state index in [0.717, 1.165) is 0 Å². The van der Waals surface area contributed by atoms with Gasteiger partial charge in [0.05, 0.1) is 5.75 Å². The van der Waals surface area contributed by atoms with Crippen LogP contribution in [0.1, 0.15) is 10.9 Å². The van der Waals surface area contributed by atoms with Crippen LogP contribution in [0.4, 0.5) is 4.39 Å². The molecule has 0 unspecified atom stereocenters. The van der Waals surface area contributed by atoms with Crippen LogP contribution in [0.25, 0.3) is 0 Å². The Bertz CT molecular complexity index is 466. The maximum Gasteiger partial charge on any atom is 0.323 e. The number of carboxylic acid groups (broad SMARTS) is 1. The number of benzene rings is 1. The van der Waals surface area contributed by atoms with Crippen LogP contribution in [-0.4, -0.2) is 34.2 Å². The molecule has 1 atom stereocenters. The first-order chi connectivity index (χ1) is 8.09. The van der Waals surface area contributed by atoms with Gasteiger partial charge in [0.15, 0.2) is 0 Å². The van der Waals surface area contributed by atoms with Crippen molar-refractivity contribution in [3.8, 4) is 0 Å². The van der Waals surface area contributed by atoms with Crippen LogP contribution in [-0.2, 0) is 9.59 Å². The lowest BCUT2D eigenvalue weighted by Crippen LogP contribution is -2.33. The Morgan fingerprint density at radius 2 is 2.24 bits per heavy atom. The van der Waals surface area contributed by atoms with Gasteiger partial charge in [-0.15, -0.1) is 11.8 Å². The summed E-state index contributed by atoms with van der Waals surface area (Å²) in [6.45, 7) is -0.398. The highest BCUT2D eigenvalue weighted by molar-refractivity contribution is 8.00. The molecule has 1 amide bonds. The second-order valence-electron chi connectivity index (χ2n) is 3.60. The lowest BCUT2D eigenvalue weighted by atomic mass is 10.2. The number of nitrogens with zero attached hydrogens (tertiary/aromatic N) is 1. The number of carbonyl (C=O) groups excluding carboxylic acids is 1. The normalized spacial score (nSPS) is 19.7. The number of hydrogen-bond donors (Lipinski definition) is 1. The summed E-state index contributed by atoms with van der Waals surface area (Å²) in [6.07, 6.45) is 0. The van der Waals surface area contributed by atoms with Crippen molar-refractivity contribution in [1.82, 2.24) is 4.90 Å². The number of halogens is 1. The Morgan fingerprint density at radius 3 is 2.88 bits per heavy atom. The molecule has 0 aromatic heterocycles. The Labute approximate surface area is 101 Å². The van der Waals surface area contributed by atoms with Crippen LogP contribution in [0, 0.1) is 5.82 Å². The van der Waals surface area contributed by atoms with Gasteiger partial charge in [0.1, 0.15) is 17.7 Å². The number of carbonyl (C=O) groups is 2. The molecule has 1 saturated heterocycles. The average Bonchev–Trinajstić information content (AvgIpc) is 2.61. The molecule has 0 radical (unpaired) electrons. The van der Waals surface area contributed by atoms with Crippen molar-refractivity contribution in [2.45, 2.75) is 5.37 Å². The first-order valence-corrected chi connectivity index (χ1v) is 6.02. The highest BCUT2D eigenvalue weighted by Crippen LogP contribution is 2.39. The van der Waals surface area contributed by atoms with Crippen molar-refractivity contribution in [1.29, 1.82) is 0 Å². The summed E-state index contributed by atoms with van der Waals surface area (Å²) >= 11 is 1.24. The second kappa shape index (κ2) is 4.75. The minimum absolute atomic E-state index is 0.187. The molecule has 0 spiro atoms. The summed E-state index contributed by atoms with van der Waals surface area (Å²) in [6, 6.07) is 6.10. The van der Waals surface area contributed by atoms with Crippen LogP contribution >= 0.6 is 11.8 Å². The van der Waals surface area contributed by atoms with E-state index in [2.05, 4.69) is 0 Å². The van der Waals surface area contributed by atoms with E-state index in [-0.39, 0.29) is 11.7 Å². The molecule has 0 bridgehead atoms.